The fourth-order valence-corrected chi connectivity index (χ4v) is 1.83. The molecular weight excluding hydrogens is 222 g/mol. The highest BCUT2D eigenvalue weighted by Gasteiger charge is 2.35. The van der Waals surface area contributed by atoms with Gasteiger partial charge in [-0.05, 0) is 12.1 Å². The SMILES string of the molecule is NC(=O)C1CC(=O)N(c2ncccc2C=O)C1. The highest BCUT2D eigenvalue weighted by atomic mass is 16.2. The zero-order valence-electron chi connectivity index (χ0n) is 9.00. The van der Waals surface area contributed by atoms with Crippen LogP contribution in [-0.4, -0.2) is 29.6 Å². The lowest BCUT2D eigenvalue weighted by atomic mass is 10.1. The van der Waals surface area contributed by atoms with Crippen molar-refractivity contribution in [2.75, 3.05) is 11.4 Å². The van der Waals surface area contributed by atoms with Gasteiger partial charge in [0.2, 0.25) is 11.8 Å². The van der Waals surface area contributed by atoms with Crippen molar-refractivity contribution in [3.8, 4) is 0 Å². The van der Waals surface area contributed by atoms with Crippen LogP contribution in [0.25, 0.3) is 0 Å². The summed E-state index contributed by atoms with van der Waals surface area (Å²) in [5.74, 6) is -0.972. The molecule has 0 saturated carbocycles. The molecule has 1 atom stereocenters. The van der Waals surface area contributed by atoms with E-state index in [1.165, 1.54) is 11.1 Å². The summed E-state index contributed by atoms with van der Waals surface area (Å²) in [6.45, 7) is 0.187. The molecule has 88 valence electrons. The Bertz CT molecular complexity index is 487. The van der Waals surface area contributed by atoms with Gasteiger partial charge in [0, 0.05) is 19.2 Å². The largest absolute Gasteiger partial charge is 0.369 e. The number of nitrogens with zero attached hydrogens (tertiary/aromatic N) is 2. The molecule has 2 amide bonds. The second-order valence-corrected chi connectivity index (χ2v) is 3.84. The summed E-state index contributed by atoms with van der Waals surface area (Å²) in [4.78, 5) is 38.9. The number of rotatable bonds is 3. The zero-order valence-corrected chi connectivity index (χ0v) is 9.00. The normalized spacial score (nSPS) is 19.4. The van der Waals surface area contributed by atoms with Gasteiger partial charge < -0.3 is 5.73 Å². The van der Waals surface area contributed by atoms with E-state index in [-0.39, 0.29) is 24.7 Å². The maximum Gasteiger partial charge on any atom is 0.229 e. The van der Waals surface area contributed by atoms with E-state index in [1.807, 2.05) is 0 Å². The molecule has 6 nitrogen and oxygen atoms in total. The summed E-state index contributed by atoms with van der Waals surface area (Å²) < 4.78 is 0. The van der Waals surface area contributed by atoms with E-state index in [0.29, 0.717) is 11.8 Å². The lowest BCUT2D eigenvalue weighted by Crippen LogP contribution is -2.29. The van der Waals surface area contributed by atoms with Crippen LogP contribution in [0.3, 0.4) is 0 Å². The minimum Gasteiger partial charge on any atom is -0.369 e. The Morgan fingerprint density at radius 2 is 2.35 bits per heavy atom. The number of aromatic nitrogens is 1. The van der Waals surface area contributed by atoms with Gasteiger partial charge in [-0.25, -0.2) is 4.98 Å². The molecule has 1 unspecified atom stereocenters. The molecule has 6 heteroatoms. The van der Waals surface area contributed by atoms with E-state index in [4.69, 9.17) is 5.73 Å². The molecule has 1 aromatic rings. The van der Waals surface area contributed by atoms with Crippen LogP contribution in [-0.2, 0) is 9.59 Å². The predicted octanol–water partition coefficient (Wildman–Crippen LogP) is -0.268. The molecule has 1 aliphatic heterocycles. The van der Waals surface area contributed by atoms with Crippen molar-refractivity contribution in [1.29, 1.82) is 0 Å². The lowest BCUT2D eigenvalue weighted by Gasteiger charge is -2.16. The van der Waals surface area contributed by atoms with E-state index < -0.39 is 11.8 Å². The molecule has 1 aliphatic rings. The Kier molecular flexibility index (Phi) is 2.86. The lowest BCUT2D eigenvalue weighted by molar-refractivity contribution is -0.123. The third-order valence-electron chi connectivity index (χ3n) is 2.73. The number of carbonyl (C=O) groups is 3. The molecule has 2 rings (SSSR count). The van der Waals surface area contributed by atoms with Gasteiger partial charge in [-0.15, -0.1) is 0 Å². The van der Waals surface area contributed by atoms with Crippen molar-refractivity contribution < 1.29 is 14.4 Å². The van der Waals surface area contributed by atoms with E-state index in [2.05, 4.69) is 4.98 Å². The molecule has 1 aromatic heterocycles. The number of primary amides is 1. The average Bonchev–Trinajstić information content (AvgIpc) is 2.71. The standard InChI is InChI=1S/C11H11N3O3/c12-10(17)8-4-9(16)14(5-8)11-7(6-15)2-1-3-13-11/h1-3,6,8H,4-5H2,(H2,12,17). The van der Waals surface area contributed by atoms with Gasteiger partial charge in [0.25, 0.3) is 0 Å². The van der Waals surface area contributed by atoms with Gasteiger partial charge >= 0.3 is 0 Å². The van der Waals surface area contributed by atoms with Crippen LogP contribution in [0.2, 0.25) is 0 Å². The number of hydrogen-bond acceptors (Lipinski definition) is 4. The van der Waals surface area contributed by atoms with Crippen LogP contribution >= 0.6 is 0 Å². The van der Waals surface area contributed by atoms with Crippen LogP contribution in [0.5, 0.6) is 0 Å². The number of carbonyl (C=O) groups excluding carboxylic acids is 3. The summed E-state index contributed by atoms with van der Waals surface area (Å²) >= 11 is 0. The Hall–Kier alpha value is -2.24. The maximum atomic E-state index is 11.7. The van der Waals surface area contributed by atoms with Crippen LogP contribution in [0.15, 0.2) is 18.3 Å². The monoisotopic (exact) mass is 233 g/mol. The summed E-state index contributed by atoms with van der Waals surface area (Å²) in [5.41, 5.74) is 5.49. The number of pyridine rings is 1. The average molecular weight is 233 g/mol. The molecule has 0 spiro atoms. The Labute approximate surface area is 97.4 Å². The van der Waals surface area contributed by atoms with Crippen molar-refractivity contribution in [2.45, 2.75) is 6.42 Å². The number of aldehydes is 1. The van der Waals surface area contributed by atoms with Gasteiger partial charge in [-0.2, -0.15) is 0 Å². The minimum absolute atomic E-state index is 0.0736. The molecule has 2 N–H and O–H groups in total. The van der Waals surface area contributed by atoms with Crippen LogP contribution in [0.4, 0.5) is 5.82 Å². The van der Waals surface area contributed by atoms with E-state index in [9.17, 15) is 14.4 Å². The van der Waals surface area contributed by atoms with Crippen molar-refractivity contribution in [3.63, 3.8) is 0 Å². The highest BCUT2D eigenvalue weighted by Crippen LogP contribution is 2.25. The smallest absolute Gasteiger partial charge is 0.229 e. The van der Waals surface area contributed by atoms with Gasteiger partial charge in [-0.1, -0.05) is 0 Å². The van der Waals surface area contributed by atoms with Crippen LogP contribution < -0.4 is 10.6 Å². The van der Waals surface area contributed by atoms with Crippen molar-refractivity contribution in [1.82, 2.24) is 4.98 Å². The van der Waals surface area contributed by atoms with Gasteiger partial charge in [-0.3, -0.25) is 19.3 Å². The summed E-state index contributed by atoms with van der Waals surface area (Å²) in [7, 11) is 0. The van der Waals surface area contributed by atoms with Crippen LogP contribution in [0, 0.1) is 5.92 Å². The predicted molar refractivity (Wildman–Crippen MR) is 59.3 cm³/mol. The molecule has 17 heavy (non-hydrogen) atoms. The first-order chi connectivity index (χ1) is 8.13. The van der Waals surface area contributed by atoms with Crippen molar-refractivity contribution in [3.05, 3.63) is 23.9 Å². The Balaban J connectivity index is 2.32. The summed E-state index contributed by atoms with van der Waals surface area (Å²) in [6.07, 6.45) is 2.20. The number of nitrogens with two attached hydrogens (primary N) is 1. The molecule has 2 heterocycles. The fourth-order valence-electron chi connectivity index (χ4n) is 1.83. The molecule has 0 aromatic carbocycles. The van der Waals surface area contributed by atoms with Gasteiger partial charge in [0.1, 0.15) is 5.82 Å². The van der Waals surface area contributed by atoms with Gasteiger partial charge in [0.15, 0.2) is 6.29 Å². The Morgan fingerprint density at radius 1 is 1.59 bits per heavy atom. The quantitative estimate of drug-likeness (QED) is 0.727. The number of amides is 2. The van der Waals surface area contributed by atoms with E-state index in [0.717, 1.165) is 0 Å². The molecule has 1 saturated heterocycles. The molecule has 1 fully saturated rings. The van der Waals surface area contributed by atoms with Gasteiger partial charge in [0.05, 0.1) is 11.5 Å². The number of hydrogen-bond donors (Lipinski definition) is 1. The molecule has 0 radical (unpaired) electrons. The highest BCUT2D eigenvalue weighted by molar-refractivity contribution is 6.02. The first-order valence-corrected chi connectivity index (χ1v) is 5.13. The van der Waals surface area contributed by atoms with Crippen molar-refractivity contribution in [2.24, 2.45) is 11.7 Å². The van der Waals surface area contributed by atoms with E-state index >= 15 is 0 Å². The minimum atomic E-state index is -0.510. The fraction of sp³-hybridized carbons (Fsp3) is 0.273. The Morgan fingerprint density at radius 3 is 2.94 bits per heavy atom. The first-order valence-electron chi connectivity index (χ1n) is 5.13. The molecule has 0 aliphatic carbocycles. The second kappa shape index (κ2) is 4.32. The van der Waals surface area contributed by atoms with E-state index in [1.54, 1.807) is 12.1 Å². The topological polar surface area (TPSA) is 93.4 Å². The van der Waals surface area contributed by atoms with Crippen molar-refractivity contribution >= 4 is 23.9 Å². The summed E-state index contributed by atoms with van der Waals surface area (Å²) in [5, 5.41) is 0. The number of anilines is 1. The second-order valence-electron chi connectivity index (χ2n) is 3.84. The maximum absolute atomic E-state index is 11.7. The first kappa shape index (κ1) is 11.3. The zero-order chi connectivity index (χ0) is 12.4. The third-order valence-corrected chi connectivity index (χ3v) is 2.73. The third kappa shape index (κ3) is 2.01. The molecular formula is C11H11N3O3. The molecule has 0 bridgehead atoms. The van der Waals surface area contributed by atoms with Crippen LogP contribution in [0.1, 0.15) is 16.8 Å². The summed E-state index contributed by atoms with van der Waals surface area (Å²) in [6, 6.07) is 3.18.